The number of quaternary nitrogens is 1. The number of rotatable bonds is 6. The third-order valence-electron chi connectivity index (χ3n) is 3.37. The highest BCUT2D eigenvalue weighted by Crippen LogP contribution is 2.29. The lowest BCUT2D eigenvalue weighted by molar-refractivity contribution is -0.432. The largest absolute Gasteiger partial charge is 0.349 e. The minimum atomic E-state index is 0.109. The molecule has 1 aromatic carbocycles. The Morgan fingerprint density at radius 3 is 2.91 bits per heavy atom. The van der Waals surface area contributed by atoms with Crippen LogP contribution in [0.15, 0.2) is 28.6 Å². The second-order valence-corrected chi connectivity index (χ2v) is 8.48. The number of thioether (sulfide) groups is 1. The molecule has 0 spiro atoms. The van der Waals surface area contributed by atoms with Crippen LogP contribution in [0.5, 0.6) is 0 Å². The SMILES string of the molecule is CC(C)C[C@H]([NH3+])c1nnc2sc(SCc3cccc(Cl)c3)nn12. The van der Waals surface area contributed by atoms with Crippen LogP contribution in [0.1, 0.15) is 37.7 Å². The smallest absolute Gasteiger partial charge is 0.235 e. The van der Waals surface area contributed by atoms with Gasteiger partial charge in [-0.05, 0) is 23.6 Å². The zero-order valence-electron chi connectivity index (χ0n) is 13.1. The fraction of sp³-hybridized carbons (Fsp3) is 0.400. The lowest BCUT2D eigenvalue weighted by atomic mass is 10.0. The lowest BCUT2D eigenvalue weighted by Crippen LogP contribution is -2.54. The number of aromatic nitrogens is 4. The van der Waals surface area contributed by atoms with Gasteiger partial charge in [-0.15, -0.1) is 15.3 Å². The Balaban J connectivity index is 1.74. The molecule has 0 amide bonds. The molecule has 2 aromatic heterocycles. The molecule has 0 bridgehead atoms. The average Bonchev–Trinajstić information content (AvgIpc) is 3.04. The maximum absolute atomic E-state index is 6.02. The Hall–Kier alpha value is -1.15. The molecule has 0 saturated carbocycles. The first-order valence-electron chi connectivity index (χ1n) is 7.45. The molecule has 0 radical (unpaired) electrons. The zero-order chi connectivity index (χ0) is 16.4. The molecule has 23 heavy (non-hydrogen) atoms. The third-order valence-corrected chi connectivity index (χ3v) is 5.71. The first-order valence-corrected chi connectivity index (χ1v) is 9.63. The maximum Gasteiger partial charge on any atom is 0.235 e. The van der Waals surface area contributed by atoms with Gasteiger partial charge in [-0.25, -0.2) is 0 Å². The predicted octanol–water partition coefficient (Wildman–Crippen LogP) is 3.46. The fourth-order valence-electron chi connectivity index (χ4n) is 2.37. The molecule has 122 valence electrons. The summed E-state index contributed by atoms with van der Waals surface area (Å²) in [6, 6.07) is 8.01. The van der Waals surface area contributed by atoms with Crippen molar-refractivity contribution in [2.24, 2.45) is 5.92 Å². The molecule has 1 atom stereocenters. The summed E-state index contributed by atoms with van der Waals surface area (Å²) in [7, 11) is 0. The maximum atomic E-state index is 6.02. The molecule has 0 unspecified atom stereocenters. The van der Waals surface area contributed by atoms with Crippen LogP contribution in [-0.2, 0) is 5.75 Å². The van der Waals surface area contributed by atoms with E-state index in [1.54, 1.807) is 23.1 Å². The highest BCUT2D eigenvalue weighted by molar-refractivity contribution is 8.00. The Kier molecular flexibility index (Phi) is 5.21. The second kappa shape index (κ2) is 7.17. The molecule has 0 aliphatic rings. The molecule has 0 aliphatic carbocycles. The van der Waals surface area contributed by atoms with Crippen molar-refractivity contribution in [1.29, 1.82) is 0 Å². The van der Waals surface area contributed by atoms with Crippen LogP contribution >= 0.6 is 34.7 Å². The average molecular weight is 369 g/mol. The summed E-state index contributed by atoms with van der Waals surface area (Å²) >= 11 is 9.26. The second-order valence-electron chi connectivity index (χ2n) is 5.87. The Labute approximate surface area is 148 Å². The van der Waals surface area contributed by atoms with Gasteiger partial charge in [0.2, 0.25) is 10.8 Å². The molecule has 3 aromatic rings. The van der Waals surface area contributed by atoms with Gasteiger partial charge in [-0.3, -0.25) is 0 Å². The van der Waals surface area contributed by atoms with Crippen molar-refractivity contribution in [3.8, 4) is 0 Å². The van der Waals surface area contributed by atoms with E-state index in [9.17, 15) is 0 Å². The van der Waals surface area contributed by atoms with E-state index in [4.69, 9.17) is 11.6 Å². The summed E-state index contributed by atoms with van der Waals surface area (Å²) in [5.74, 6) is 2.25. The molecule has 3 N–H and O–H groups in total. The van der Waals surface area contributed by atoms with Gasteiger partial charge in [0.25, 0.3) is 0 Å². The van der Waals surface area contributed by atoms with E-state index < -0.39 is 0 Å². The summed E-state index contributed by atoms with van der Waals surface area (Å²) < 4.78 is 2.82. The van der Waals surface area contributed by atoms with E-state index in [1.165, 1.54) is 5.56 Å². The Morgan fingerprint density at radius 2 is 2.17 bits per heavy atom. The quantitative estimate of drug-likeness (QED) is 0.676. The molecule has 2 heterocycles. The van der Waals surface area contributed by atoms with Crippen molar-refractivity contribution in [2.75, 3.05) is 0 Å². The van der Waals surface area contributed by atoms with Crippen molar-refractivity contribution < 1.29 is 5.73 Å². The Bertz CT molecular complexity index is 798. The van der Waals surface area contributed by atoms with Crippen molar-refractivity contribution in [3.63, 3.8) is 0 Å². The van der Waals surface area contributed by atoms with Crippen LogP contribution < -0.4 is 5.73 Å². The lowest BCUT2D eigenvalue weighted by Gasteiger charge is -2.07. The number of fused-ring (bicyclic) bond motifs is 1. The van der Waals surface area contributed by atoms with Gasteiger partial charge >= 0.3 is 0 Å². The first-order chi connectivity index (χ1) is 11.0. The standard InChI is InChI=1S/C15H18ClN5S2/c1-9(2)6-12(17)13-18-19-14-21(13)20-15(23-14)22-8-10-4-3-5-11(16)7-10/h3-5,7,9,12H,6,8,17H2,1-2H3/p+1/t12-/m0/s1. The molecule has 8 heteroatoms. The molecule has 5 nitrogen and oxygen atoms in total. The highest BCUT2D eigenvalue weighted by Gasteiger charge is 2.21. The number of halogens is 1. The summed E-state index contributed by atoms with van der Waals surface area (Å²) in [5, 5.41) is 13.9. The number of hydrogen-bond acceptors (Lipinski definition) is 5. The summed E-state index contributed by atoms with van der Waals surface area (Å²) in [6.45, 7) is 4.37. The molecule has 0 fully saturated rings. The van der Waals surface area contributed by atoms with E-state index in [0.717, 1.165) is 32.3 Å². The van der Waals surface area contributed by atoms with Gasteiger partial charge in [0.15, 0.2) is 4.34 Å². The van der Waals surface area contributed by atoms with E-state index in [1.807, 2.05) is 22.7 Å². The van der Waals surface area contributed by atoms with E-state index in [-0.39, 0.29) is 6.04 Å². The van der Waals surface area contributed by atoms with Crippen molar-refractivity contribution in [3.05, 3.63) is 40.7 Å². The molecule has 3 rings (SSSR count). The van der Waals surface area contributed by atoms with E-state index >= 15 is 0 Å². The van der Waals surface area contributed by atoms with E-state index in [2.05, 4.69) is 40.9 Å². The molecular weight excluding hydrogens is 350 g/mol. The van der Waals surface area contributed by atoms with Crippen LogP contribution in [0.2, 0.25) is 5.02 Å². The normalized spacial score (nSPS) is 13.1. The van der Waals surface area contributed by atoms with Crippen molar-refractivity contribution in [2.45, 2.75) is 36.4 Å². The number of benzene rings is 1. The number of hydrogen-bond donors (Lipinski definition) is 1. The van der Waals surface area contributed by atoms with Gasteiger partial charge in [0.1, 0.15) is 6.04 Å². The van der Waals surface area contributed by atoms with Gasteiger partial charge in [-0.1, -0.05) is 60.7 Å². The van der Waals surface area contributed by atoms with Crippen molar-refractivity contribution >= 4 is 39.7 Å². The molecule has 0 saturated heterocycles. The zero-order valence-corrected chi connectivity index (χ0v) is 15.5. The van der Waals surface area contributed by atoms with Crippen LogP contribution in [0.3, 0.4) is 0 Å². The minimum absolute atomic E-state index is 0.109. The van der Waals surface area contributed by atoms with Gasteiger partial charge in [0, 0.05) is 17.2 Å². The minimum Gasteiger partial charge on any atom is -0.349 e. The van der Waals surface area contributed by atoms with Gasteiger partial charge in [-0.2, -0.15) is 4.52 Å². The van der Waals surface area contributed by atoms with Crippen molar-refractivity contribution in [1.82, 2.24) is 19.8 Å². The summed E-state index contributed by atoms with van der Waals surface area (Å²) in [5.41, 5.74) is 5.39. The highest BCUT2D eigenvalue weighted by atomic mass is 35.5. The monoisotopic (exact) mass is 368 g/mol. The van der Waals surface area contributed by atoms with E-state index in [0.29, 0.717) is 5.92 Å². The topological polar surface area (TPSA) is 70.7 Å². The van der Waals surface area contributed by atoms with Crippen LogP contribution in [0.25, 0.3) is 4.96 Å². The van der Waals surface area contributed by atoms with Crippen LogP contribution in [-0.4, -0.2) is 19.8 Å². The number of nitrogens with zero attached hydrogens (tertiary/aromatic N) is 4. The van der Waals surface area contributed by atoms with Crippen LogP contribution in [0, 0.1) is 5.92 Å². The van der Waals surface area contributed by atoms with Gasteiger partial charge in [0.05, 0.1) is 0 Å². The Morgan fingerprint density at radius 1 is 1.35 bits per heavy atom. The third kappa shape index (κ3) is 4.03. The van der Waals surface area contributed by atoms with Crippen LogP contribution in [0.4, 0.5) is 0 Å². The summed E-state index contributed by atoms with van der Waals surface area (Å²) in [6.07, 6.45) is 0.976. The molecular formula is C15H19ClN5S2+. The predicted molar refractivity (Wildman–Crippen MR) is 94.8 cm³/mol. The fourth-order valence-corrected chi connectivity index (χ4v) is 4.41. The summed E-state index contributed by atoms with van der Waals surface area (Å²) in [4.78, 5) is 0.825. The van der Waals surface area contributed by atoms with Gasteiger partial charge < -0.3 is 5.73 Å². The first kappa shape index (κ1) is 16.7. The molecule has 0 aliphatic heterocycles.